The van der Waals surface area contributed by atoms with Crippen LogP contribution in [0.4, 0.5) is 0 Å². The van der Waals surface area contributed by atoms with Crippen molar-refractivity contribution in [2.24, 2.45) is 11.8 Å². The van der Waals surface area contributed by atoms with Gasteiger partial charge in [0.25, 0.3) is 0 Å². The maximum Gasteiger partial charge on any atom is 0.201 e. The van der Waals surface area contributed by atoms with Crippen molar-refractivity contribution in [1.82, 2.24) is 0 Å². The Hall–Kier alpha value is -3.38. The van der Waals surface area contributed by atoms with Gasteiger partial charge in [-0.15, -0.1) is 0 Å². The van der Waals surface area contributed by atoms with E-state index in [2.05, 4.69) is 139 Å². The van der Waals surface area contributed by atoms with E-state index in [0.29, 0.717) is 29.1 Å². The second-order valence-electron chi connectivity index (χ2n) is 14.6. The molecule has 0 bridgehead atoms. The molecule has 5 heteroatoms. The van der Waals surface area contributed by atoms with Crippen molar-refractivity contribution in [2.45, 2.75) is 83.5 Å². The molecule has 0 unspecified atom stereocenters. The van der Waals surface area contributed by atoms with Gasteiger partial charge in [0.1, 0.15) is 11.5 Å². The fourth-order valence-electron chi connectivity index (χ4n) is 8.27. The normalized spacial score (nSPS) is 17.3. The van der Waals surface area contributed by atoms with Gasteiger partial charge in [-0.25, -0.2) is 0 Å². The van der Waals surface area contributed by atoms with Crippen molar-refractivity contribution in [1.29, 1.82) is 0 Å². The van der Waals surface area contributed by atoms with Gasteiger partial charge in [0.05, 0.1) is 33.5 Å². The molecular weight excluding hydrogens is 609 g/mol. The third-order valence-electron chi connectivity index (χ3n) is 10.6. The molecule has 0 saturated carbocycles. The van der Waals surface area contributed by atoms with Crippen LogP contribution in [0, 0.1) is 11.8 Å². The minimum atomic E-state index is -2.24. The number of methoxy groups -OCH3 is 2. The average Bonchev–Trinajstić information content (AvgIpc) is 3.54. The molecule has 48 heavy (non-hydrogen) atoms. The topological polar surface area (TPSA) is 36.9 Å². The second-order valence-corrected chi connectivity index (χ2v) is 20.0. The van der Waals surface area contributed by atoms with E-state index < -0.39 is 8.32 Å². The zero-order chi connectivity index (χ0) is 34.3. The molecule has 1 aliphatic rings. The Balaban J connectivity index is 1.49. The summed E-state index contributed by atoms with van der Waals surface area (Å²) in [6, 6.07) is 34.8. The van der Waals surface area contributed by atoms with Crippen LogP contribution in [0.15, 0.2) is 97.1 Å². The van der Waals surface area contributed by atoms with Gasteiger partial charge in [0.15, 0.2) is 0 Å². The summed E-state index contributed by atoms with van der Waals surface area (Å²) in [5, 5.41) is 0. The standard InChI is InChI=1S/C43H56O4Si/c1-30(2)48(31(3)4,32(5)6)47-43(38-22-21-37(42(27-38)45-8)24-34-17-13-10-14-18-34)40-29-46-28-39(40)25-35-19-20-36(41(26-35)44-7)23-33-15-11-9-12-16-33/h9-22,26-27,30-32,39-40,43H,23-25,28-29H2,1-8H3/t39-,40-,43-/m0/s1. The molecule has 0 aliphatic carbocycles. The lowest BCUT2D eigenvalue weighted by Gasteiger charge is -2.46. The first-order chi connectivity index (χ1) is 23.2. The van der Waals surface area contributed by atoms with E-state index >= 15 is 0 Å². The Morgan fingerprint density at radius 3 is 1.67 bits per heavy atom. The SMILES string of the molecule is COc1cc(C[C@H]2COC[C@@H]2[C@@H](O[Si](C(C)C)(C(C)C)C(C)C)c2ccc(Cc3ccccc3)c(OC)c2)ccc1Cc1ccccc1. The fourth-order valence-corrected chi connectivity index (χ4v) is 13.8. The first kappa shape index (κ1) is 35.9. The number of hydrogen-bond donors (Lipinski definition) is 0. The smallest absolute Gasteiger partial charge is 0.201 e. The third kappa shape index (κ3) is 8.07. The van der Waals surface area contributed by atoms with Gasteiger partial charge in [-0.1, -0.05) is 126 Å². The summed E-state index contributed by atoms with van der Waals surface area (Å²) < 4.78 is 26.0. The third-order valence-corrected chi connectivity index (χ3v) is 16.7. The minimum Gasteiger partial charge on any atom is -0.496 e. The molecular formula is C43H56O4Si. The van der Waals surface area contributed by atoms with Crippen molar-refractivity contribution < 1.29 is 18.6 Å². The summed E-state index contributed by atoms with van der Waals surface area (Å²) in [4.78, 5) is 0. The number of ether oxygens (including phenoxy) is 3. The van der Waals surface area contributed by atoms with E-state index in [0.717, 1.165) is 37.4 Å². The molecule has 1 saturated heterocycles. The van der Waals surface area contributed by atoms with Gasteiger partial charge in [0.2, 0.25) is 8.32 Å². The Bertz CT molecular complexity index is 1560. The molecule has 0 radical (unpaired) electrons. The summed E-state index contributed by atoms with van der Waals surface area (Å²) in [5.74, 6) is 2.40. The monoisotopic (exact) mass is 664 g/mol. The molecule has 0 N–H and O–H groups in total. The molecule has 5 rings (SSSR count). The van der Waals surface area contributed by atoms with E-state index in [4.69, 9.17) is 18.6 Å². The highest BCUT2D eigenvalue weighted by atomic mass is 28.4. The van der Waals surface area contributed by atoms with E-state index in [1.165, 1.54) is 33.4 Å². The predicted octanol–water partition coefficient (Wildman–Crippen LogP) is 10.6. The lowest BCUT2D eigenvalue weighted by atomic mass is 9.83. The highest BCUT2D eigenvalue weighted by molar-refractivity contribution is 6.77. The molecule has 0 amide bonds. The van der Waals surface area contributed by atoms with Crippen molar-refractivity contribution in [2.75, 3.05) is 27.4 Å². The van der Waals surface area contributed by atoms with Crippen LogP contribution in [0.1, 0.15) is 81.0 Å². The van der Waals surface area contributed by atoms with Crippen LogP contribution in [0.5, 0.6) is 11.5 Å². The van der Waals surface area contributed by atoms with Crippen molar-refractivity contribution in [3.8, 4) is 11.5 Å². The molecule has 3 atom stereocenters. The zero-order valence-corrected chi connectivity index (χ0v) is 31.4. The molecule has 1 fully saturated rings. The van der Waals surface area contributed by atoms with Crippen molar-refractivity contribution >= 4 is 8.32 Å². The van der Waals surface area contributed by atoms with Gasteiger partial charge in [0, 0.05) is 18.8 Å². The summed E-state index contributed by atoms with van der Waals surface area (Å²) >= 11 is 0. The van der Waals surface area contributed by atoms with Crippen molar-refractivity contribution in [3.05, 3.63) is 130 Å². The predicted molar refractivity (Wildman–Crippen MR) is 201 cm³/mol. The summed E-state index contributed by atoms with van der Waals surface area (Å²) in [6.45, 7) is 15.7. The van der Waals surface area contributed by atoms with Crippen molar-refractivity contribution in [3.63, 3.8) is 0 Å². The minimum absolute atomic E-state index is 0.0877. The molecule has 256 valence electrons. The van der Waals surface area contributed by atoms with Crippen LogP contribution in [-0.4, -0.2) is 35.8 Å². The largest absolute Gasteiger partial charge is 0.496 e. The van der Waals surface area contributed by atoms with Crippen LogP contribution in [0.2, 0.25) is 16.6 Å². The van der Waals surface area contributed by atoms with Gasteiger partial charge < -0.3 is 18.6 Å². The fraction of sp³-hybridized carbons (Fsp3) is 0.442. The van der Waals surface area contributed by atoms with Crippen LogP contribution in [-0.2, 0) is 28.4 Å². The van der Waals surface area contributed by atoms with Crippen LogP contribution in [0.3, 0.4) is 0 Å². The Morgan fingerprint density at radius 2 is 1.15 bits per heavy atom. The van der Waals surface area contributed by atoms with Gasteiger partial charge in [-0.3, -0.25) is 0 Å². The quantitative estimate of drug-likeness (QED) is 0.119. The summed E-state index contributed by atoms with van der Waals surface area (Å²) in [6.07, 6.45) is 2.50. The lowest BCUT2D eigenvalue weighted by molar-refractivity contribution is 0.0852. The van der Waals surface area contributed by atoms with Crippen LogP contribution >= 0.6 is 0 Å². The summed E-state index contributed by atoms with van der Waals surface area (Å²) in [5.41, 5.74) is 8.84. The number of rotatable bonds is 15. The number of benzene rings is 4. The molecule has 0 aromatic heterocycles. The summed E-state index contributed by atoms with van der Waals surface area (Å²) in [7, 11) is 1.33. The molecule has 4 aromatic carbocycles. The van der Waals surface area contributed by atoms with Gasteiger partial charge in [-0.05, 0) is 74.5 Å². The molecule has 4 aromatic rings. The first-order valence-corrected chi connectivity index (χ1v) is 20.0. The maximum atomic E-state index is 7.73. The number of hydrogen-bond acceptors (Lipinski definition) is 4. The van der Waals surface area contributed by atoms with Crippen LogP contribution in [0.25, 0.3) is 0 Å². The van der Waals surface area contributed by atoms with E-state index in [1.807, 2.05) is 0 Å². The Kier molecular flexibility index (Phi) is 12.2. The van der Waals surface area contributed by atoms with E-state index in [1.54, 1.807) is 14.2 Å². The lowest BCUT2D eigenvalue weighted by Crippen LogP contribution is -2.50. The highest BCUT2D eigenvalue weighted by Crippen LogP contribution is 2.49. The van der Waals surface area contributed by atoms with Gasteiger partial charge >= 0.3 is 0 Å². The molecule has 0 spiro atoms. The molecule has 1 aliphatic heterocycles. The Labute approximate surface area is 290 Å². The first-order valence-electron chi connectivity index (χ1n) is 17.8. The molecule has 4 nitrogen and oxygen atoms in total. The maximum absolute atomic E-state index is 7.73. The Morgan fingerprint density at radius 1 is 0.625 bits per heavy atom. The van der Waals surface area contributed by atoms with E-state index in [9.17, 15) is 0 Å². The highest BCUT2D eigenvalue weighted by Gasteiger charge is 2.49. The van der Waals surface area contributed by atoms with Crippen LogP contribution < -0.4 is 9.47 Å². The zero-order valence-electron chi connectivity index (χ0n) is 30.4. The van der Waals surface area contributed by atoms with E-state index in [-0.39, 0.29) is 12.0 Å². The molecule has 1 heterocycles. The second kappa shape index (κ2) is 16.3. The van der Waals surface area contributed by atoms with Gasteiger partial charge in [-0.2, -0.15) is 0 Å². The average molecular weight is 665 g/mol.